The molecule has 1 fully saturated rings. The lowest BCUT2D eigenvalue weighted by Crippen LogP contribution is -2.29. The number of amides is 1. The van der Waals surface area contributed by atoms with Gasteiger partial charge in [0.2, 0.25) is 5.89 Å². The number of oxime groups is 1. The number of carbonyl (C=O) groups is 1. The van der Waals surface area contributed by atoms with E-state index in [4.69, 9.17) is 9.52 Å². The van der Waals surface area contributed by atoms with Gasteiger partial charge in [-0.2, -0.15) is 0 Å². The summed E-state index contributed by atoms with van der Waals surface area (Å²) in [6.45, 7) is 0.102. The largest absolute Gasteiger partial charge is 0.465 e. The summed E-state index contributed by atoms with van der Waals surface area (Å²) in [5.74, 6) is -0.693. The molecule has 1 amide bonds. The summed E-state index contributed by atoms with van der Waals surface area (Å²) >= 11 is 0. The third kappa shape index (κ3) is 2.12. The van der Waals surface area contributed by atoms with Gasteiger partial charge in [-0.15, -0.1) is 5.10 Å². The van der Waals surface area contributed by atoms with Crippen LogP contribution in [0.5, 0.6) is 0 Å². The number of aromatic nitrogens is 2. The van der Waals surface area contributed by atoms with E-state index in [9.17, 15) is 9.59 Å². The van der Waals surface area contributed by atoms with Crippen molar-refractivity contribution in [3.63, 3.8) is 0 Å². The summed E-state index contributed by atoms with van der Waals surface area (Å²) in [6, 6.07) is -0.652. The van der Waals surface area contributed by atoms with Gasteiger partial charge in [0.15, 0.2) is 0 Å². The van der Waals surface area contributed by atoms with Crippen LogP contribution in [0, 0.1) is 0 Å². The maximum Gasteiger partial charge on any atom is 0.434 e. The van der Waals surface area contributed by atoms with Crippen LogP contribution in [0.3, 0.4) is 0 Å². The van der Waals surface area contributed by atoms with Crippen LogP contribution in [-0.2, 0) is 4.84 Å². The lowest BCUT2D eigenvalue weighted by atomic mass is 10.2. The highest BCUT2D eigenvalue weighted by Gasteiger charge is 2.37. The van der Waals surface area contributed by atoms with E-state index in [-0.39, 0.29) is 18.9 Å². The number of nitrogens with one attached hydrogen (secondary N) is 1. The van der Waals surface area contributed by atoms with Crippen LogP contribution in [0.25, 0.3) is 0 Å². The van der Waals surface area contributed by atoms with E-state index in [1.165, 1.54) is 7.11 Å². The van der Waals surface area contributed by atoms with Crippen molar-refractivity contribution in [1.82, 2.24) is 15.1 Å². The second-order valence-corrected chi connectivity index (χ2v) is 3.42. The van der Waals surface area contributed by atoms with Crippen molar-refractivity contribution in [3.8, 4) is 0 Å². The molecule has 9 nitrogen and oxygen atoms in total. The van der Waals surface area contributed by atoms with Crippen molar-refractivity contribution in [2.24, 2.45) is 5.16 Å². The average molecular weight is 242 g/mol. The van der Waals surface area contributed by atoms with E-state index in [1.54, 1.807) is 0 Å². The van der Waals surface area contributed by atoms with Crippen molar-refractivity contribution in [2.75, 3.05) is 13.7 Å². The molecule has 2 heterocycles. The normalized spacial score (nSPS) is 22.1. The second-order valence-electron chi connectivity index (χ2n) is 3.42. The second kappa shape index (κ2) is 4.28. The van der Waals surface area contributed by atoms with E-state index in [1.807, 2.05) is 0 Å². The minimum atomic E-state index is -1.14. The van der Waals surface area contributed by atoms with Gasteiger partial charge in [-0.25, -0.2) is 14.7 Å². The van der Waals surface area contributed by atoms with Gasteiger partial charge in [0, 0.05) is 6.42 Å². The Kier molecular flexibility index (Phi) is 2.81. The minimum Gasteiger partial charge on any atom is -0.465 e. The number of likely N-dealkylation sites (tertiary alicyclic amines) is 1. The number of hydrogen-bond donors (Lipinski definition) is 2. The van der Waals surface area contributed by atoms with Gasteiger partial charge in [-0.05, 0) is 0 Å². The lowest BCUT2D eigenvalue weighted by Gasteiger charge is -2.16. The first-order valence-electron chi connectivity index (χ1n) is 4.75. The molecule has 0 spiro atoms. The van der Waals surface area contributed by atoms with Crippen LogP contribution in [-0.4, -0.2) is 45.7 Å². The van der Waals surface area contributed by atoms with Gasteiger partial charge >= 0.3 is 11.8 Å². The van der Waals surface area contributed by atoms with E-state index < -0.39 is 17.9 Å². The molecular formula is C8H10N4O5. The zero-order chi connectivity index (χ0) is 12.4. The Morgan fingerprint density at radius 2 is 2.53 bits per heavy atom. The third-order valence-electron chi connectivity index (χ3n) is 2.36. The van der Waals surface area contributed by atoms with Crippen molar-refractivity contribution in [3.05, 3.63) is 16.4 Å². The van der Waals surface area contributed by atoms with Crippen molar-refractivity contribution >= 4 is 11.8 Å². The molecule has 2 N–H and O–H groups in total. The summed E-state index contributed by atoms with van der Waals surface area (Å²) in [7, 11) is 1.38. The molecule has 0 aliphatic carbocycles. The molecule has 1 aliphatic heterocycles. The highest BCUT2D eigenvalue weighted by molar-refractivity contribution is 5.91. The monoisotopic (exact) mass is 242 g/mol. The van der Waals surface area contributed by atoms with Gasteiger partial charge in [-0.1, -0.05) is 5.16 Å². The lowest BCUT2D eigenvalue weighted by molar-refractivity contribution is 0.134. The Morgan fingerprint density at radius 3 is 3.06 bits per heavy atom. The number of hydrogen-bond acceptors (Lipinski definition) is 6. The number of carboxylic acid groups (broad SMARTS) is 1. The Hall–Kier alpha value is -2.32. The maximum atomic E-state index is 11.0. The van der Waals surface area contributed by atoms with Crippen LogP contribution >= 0.6 is 0 Å². The van der Waals surface area contributed by atoms with E-state index in [2.05, 4.69) is 20.2 Å². The SMILES string of the molecule is CON=C1CC(c2n[nH]c(=O)o2)N(C(=O)O)C1. The third-order valence-corrected chi connectivity index (χ3v) is 2.36. The molecule has 0 saturated carbocycles. The zero-order valence-electron chi connectivity index (χ0n) is 8.91. The number of H-pyrrole nitrogens is 1. The Morgan fingerprint density at radius 1 is 1.76 bits per heavy atom. The molecule has 1 aliphatic rings. The van der Waals surface area contributed by atoms with Crippen molar-refractivity contribution < 1.29 is 19.2 Å². The average Bonchev–Trinajstić information content (AvgIpc) is 2.84. The summed E-state index contributed by atoms with van der Waals surface area (Å²) in [5.41, 5.74) is 0.547. The molecular weight excluding hydrogens is 232 g/mol. The molecule has 1 aromatic heterocycles. The predicted molar refractivity (Wildman–Crippen MR) is 53.7 cm³/mol. The van der Waals surface area contributed by atoms with E-state index in [0.29, 0.717) is 5.71 Å². The highest BCUT2D eigenvalue weighted by Crippen LogP contribution is 2.28. The molecule has 2 rings (SSSR count). The number of rotatable bonds is 2. The van der Waals surface area contributed by atoms with Gasteiger partial charge in [0.05, 0.1) is 12.3 Å². The van der Waals surface area contributed by atoms with Crippen LogP contribution < -0.4 is 5.76 Å². The summed E-state index contributed by atoms with van der Waals surface area (Å²) in [5, 5.41) is 18.4. The van der Waals surface area contributed by atoms with Gasteiger partial charge < -0.3 is 14.4 Å². The molecule has 92 valence electrons. The van der Waals surface area contributed by atoms with Crippen LogP contribution in [0.2, 0.25) is 0 Å². The fourth-order valence-corrected chi connectivity index (χ4v) is 1.71. The Balaban J connectivity index is 2.28. The van der Waals surface area contributed by atoms with E-state index in [0.717, 1.165) is 4.90 Å². The molecule has 0 radical (unpaired) electrons. The quantitative estimate of drug-likeness (QED) is 0.692. The first-order chi connectivity index (χ1) is 8.11. The molecule has 1 unspecified atom stereocenters. The molecule has 0 bridgehead atoms. The maximum absolute atomic E-state index is 11.0. The first kappa shape index (κ1) is 11.2. The Labute approximate surface area is 94.7 Å². The van der Waals surface area contributed by atoms with Crippen LogP contribution in [0.15, 0.2) is 14.4 Å². The predicted octanol–water partition coefficient (Wildman–Crippen LogP) is -0.210. The van der Waals surface area contributed by atoms with Gasteiger partial charge in [0.1, 0.15) is 13.2 Å². The van der Waals surface area contributed by atoms with Gasteiger partial charge in [-0.3, -0.25) is 4.90 Å². The Bertz CT molecular complexity index is 504. The topological polar surface area (TPSA) is 121 Å². The van der Waals surface area contributed by atoms with Crippen LogP contribution in [0.4, 0.5) is 4.79 Å². The molecule has 1 atom stereocenters. The van der Waals surface area contributed by atoms with E-state index >= 15 is 0 Å². The minimum absolute atomic E-state index is 0.0266. The molecule has 9 heteroatoms. The zero-order valence-corrected chi connectivity index (χ0v) is 8.91. The molecule has 0 aromatic carbocycles. The summed E-state index contributed by atoms with van der Waals surface area (Å²) in [4.78, 5) is 27.5. The summed E-state index contributed by atoms with van der Waals surface area (Å²) < 4.78 is 4.75. The molecule has 1 aromatic rings. The van der Waals surface area contributed by atoms with Crippen molar-refractivity contribution in [2.45, 2.75) is 12.5 Å². The standard InChI is InChI=1S/C8H10N4O5/c1-16-11-4-2-5(12(3-4)8(14)15)6-9-10-7(13)17-6/h5H,2-3H2,1H3,(H,10,13)(H,14,15). The summed E-state index contributed by atoms with van der Waals surface area (Å²) in [6.07, 6.45) is -0.851. The fraction of sp³-hybridized carbons (Fsp3) is 0.500. The first-order valence-corrected chi connectivity index (χ1v) is 4.75. The highest BCUT2D eigenvalue weighted by atomic mass is 16.6. The van der Waals surface area contributed by atoms with Crippen molar-refractivity contribution in [1.29, 1.82) is 0 Å². The fourth-order valence-electron chi connectivity index (χ4n) is 1.71. The number of aromatic amines is 1. The van der Waals surface area contributed by atoms with Gasteiger partial charge in [0.25, 0.3) is 0 Å². The molecule has 17 heavy (non-hydrogen) atoms. The smallest absolute Gasteiger partial charge is 0.434 e. The van der Waals surface area contributed by atoms with Crippen LogP contribution in [0.1, 0.15) is 18.4 Å². The number of nitrogens with zero attached hydrogens (tertiary/aromatic N) is 3. The molecule has 1 saturated heterocycles.